The number of aliphatic hydroxyl groups is 1. The maximum absolute atomic E-state index is 12.0. The highest BCUT2D eigenvalue weighted by Gasteiger charge is 2.17. The fourth-order valence-electron chi connectivity index (χ4n) is 1.94. The van der Waals surface area contributed by atoms with E-state index in [9.17, 15) is 9.90 Å². The van der Waals surface area contributed by atoms with Crippen LogP contribution in [0.25, 0.3) is 0 Å². The van der Waals surface area contributed by atoms with Gasteiger partial charge in [0.05, 0.1) is 11.8 Å². The number of thiazole rings is 1. The molecular formula is C18H24N2O3S. The summed E-state index contributed by atoms with van der Waals surface area (Å²) in [6.07, 6.45) is -0.574. The molecule has 2 aromatic rings. The Labute approximate surface area is 146 Å². The second kappa shape index (κ2) is 7.77. The van der Waals surface area contributed by atoms with Crippen molar-refractivity contribution in [3.63, 3.8) is 0 Å². The lowest BCUT2D eigenvalue weighted by molar-refractivity contribution is 0.0923. The number of nitrogens with zero attached hydrogens (tertiary/aromatic N) is 1. The van der Waals surface area contributed by atoms with Gasteiger partial charge in [-0.3, -0.25) is 4.79 Å². The predicted octanol–water partition coefficient (Wildman–Crippen LogP) is 3.13. The average molecular weight is 348 g/mol. The van der Waals surface area contributed by atoms with Crippen LogP contribution in [0, 0.1) is 0 Å². The maximum Gasteiger partial charge on any atom is 0.251 e. The molecule has 1 unspecified atom stereocenters. The number of rotatable bonds is 6. The molecule has 2 N–H and O–H groups in total. The van der Waals surface area contributed by atoms with Gasteiger partial charge in [-0.05, 0) is 25.1 Å². The van der Waals surface area contributed by atoms with Crippen LogP contribution in [0.4, 0.5) is 0 Å². The fraction of sp³-hybridized carbons (Fsp3) is 0.444. The third-order valence-electron chi connectivity index (χ3n) is 3.34. The van der Waals surface area contributed by atoms with Crippen LogP contribution in [-0.4, -0.2) is 28.6 Å². The van der Waals surface area contributed by atoms with Crippen molar-refractivity contribution in [1.29, 1.82) is 0 Å². The number of hydrogen-bond acceptors (Lipinski definition) is 5. The van der Waals surface area contributed by atoms with E-state index < -0.39 is 6.10 Å². The Morgan fingerprint density at radius 2 is 2.17 bits per heavy atom. The van der Waals surface area contributed by atoms with E-state index in [2.05, 4.69) is 36.5 Å². The van der Waals surface area contributed by atoms with Gasteiger partial charge in [-0.25, -0.2) is 4.98 Å². The molecule has 1 atom stereocenters. The highest BCUT2D eigenvalue weighted by atomic mass is 32.1. The van der Waals surface area contributed by atoms with Crippen LogP contribution in [0.2, 0.25) is 0 Å². The van der Waals surface area contributed by atoms with E-state index in [0.717, 1.165) is 10.7 Å². The molecular weight excluding hydrogens is 324 g/mol. The Balaban J connectivity index is 1.97. The number of aliphatic hydroxyl groups excluding tert-OH is 1. The van der Waals surface area contributed by atoms with E-state index in [4.69, 9.17) is 4.74 Å². The van der Waals surface area contributed by atoms with E-state index >= 15 is 0 Å². The normalized spacial score (nSPS) is 12.7. The molecule has 1 aromatic heterocycles. The summed E-state index contributed by atoms with van der Waals surface area (Å²) in [4.78, 5) is 16.6. The van der Waals surface area contributed by atoms with Crippen molar-refractivity contribution in [2.75, 3.05) is 6.54 Å². The summed E-state index contributed by atoms with van der Waals surface area (Å²) in [5.74, 6) is 0.387. The number of ether oxygens (including phenoxy) is 1. The number of amides is 1. The highest BCUT2D eigenvalue weighted by Crippen LogP contribution is 2.24. The molecule has 0 aliphatic heterocycles. The zero-order valence-corrected chi connectivity index (χ0v) is 15.3. The topological polar surface area (TPSA) is 71.5 Å². The van der Waals surface area contributed by atoms with Gasteiger partial charge in [0.2, 0.25) is 0 Å². The van der Waals surface area contributed by atoms with Crippen LogP contribution < -0.4 is 10.1 Å². The van der Waals surface area contributed by atoms with Gasteiger partial charge in [-0.15, -0.1) is 11.3 Å². The first-order chi connectivity index (χ1) is 11.3. The molecule has 0 aliphatic rings. The zero-order valence-electron chi connectivity index (χ0n) is 14.5. The standard InChI is InChI=1S/C18H24N2O3S/c1-12(21)9-19-17(22)13-6-5-7-14(8-13)23-10-16-20-15(11-24-16)18(2,3)4/h5-8,11-12,21H,9-10H2,1-4H3,(H,19,22). The van der Waals surface area contributed by atoms with E-state index in [1.807, 2.05) is 6.07 Å². The third-order valence-corrected chi connectivity index (χ3v) is 4.16. The molecule has 1 aromatic carbocycles. The number of nitrogens with one attached hydrogen (secondary N) is 1. The molecule has 0 saturated heterocycles. The lowest BCUT2D eigenvalue weighted by Gasteiger charge is -2.14. The van der Waals surface area contributed by atoms with Crippen LogP contribution in [-0.2, 0) is 12.0 Å². The van der Waals surface area contributed by atoms with Crippen molar-refractivity contribution < 1.29 is 14.6 Å². The summed E-state index contributed by atoms with van der Waals surface area (Å²) in [6, 6.07) is 6.99. The predicted molar refractivity (Wildman–Crippen MR) is 95.6 cm³/mol. The Kier molecular flexibility index (Phi) is 5.96. The first-order valence-electron chi connectivity index (χ1n) is 7.89. The van der Waals surface area contributed by atoms with Gasteiger partial charge in [-0.2, -0.15) is 0 Å². The molecule has 5 nitrogen and oxygen atoms in total. The summed E-state index contributed by atoms with van der Waals surface area (Å²) < 4.78 is 5.75. The number of benzene rings is 1. The molecule has 24 heavy (non-hydrogen) atoms. The van der Waals surface area contributed by atoms with Crippen LogP contribution in [0.3, 0.4) is 0 Å². The third kappa shape index (κ3) is 5.32. The molecule has 0 radical (unpaired) electrons. The summed E-state index contributed by atoms with van der Waals surface area (Å²) in [6.45, 7) is 8.60. The van der Waals surface area contributed by atoms with Crippen molar-refractivity contribution in [2.45, 2.75) is 45.8 Å². The van der Waals surface area contributed by atoms with Crippen molar-refractivity contribution in [2.24, 2.45) is 0 Å². The van der Waals surface area contributed by atoms with E-state index in [1.165, 1.54) is 0 Å². The lowest BCUT2D eigenvalue weighted by atomic mass is 9.93. The molecule has 130 valence electrons. The van der Waals surface area contributed by atoms with Gasteiger partial charge in [0.25, 0.3) is 5.91 Å². The Morgan fingerprint density at radius 3 is 2.79 bits per heavy atom. The first kappa shape index (κ1) is 18.4. The highest BCUT2D eigenvalue weighted by molar-refractivity contribution is 7.09. The fourth-order valence-corrected chi connectivity index (χ4v) is 2.87. The van der Waals surface area contributed by atoms with Crippen LogP contribution in [0.15, 0.2) is 29.6 Å². The second-order valence-corrected chi connectivity index (χ2v) is 7.69. The molecule has 0 bridgehead atoms. The van der Waals surface area contributed by atoms with Crippen molar-refractivity contribution in [1.82, 2.24) is 10.3 Å². The van der Waals surface area contributed by atoms with Gasteiger partial charge in [0.1, 0.15) is 17.4 Å². The minimum atomic E-state index is -0.574. The molecule has 0 spiro atoms. The Morgan fingerprint density at radius 1 is 1.42 bits per heavy atom. The molecule has 0 aliphatic carbocycles. The van der Waals surface area contributed by atoms with Crippen LogP contribution in [0.5, 0.6) is 5.75 Å². The Bertz CT molecular complexity index is 690. The SMILES string of the molecule is CC(O)CNC(=O)c1cccc(OCc2nc(C(C)(C)C)cs2)c1. The molecule has 0 saturated carbocycles. The zero-order chi connectivity index (χ0) is 17.7. The summed E-state index contributed by atoms with van der Waals surface area (Å²) in [5, 5.41) is 14.9. The maximum atomic E-state index is 12.0. The summed E-state index contributed by atoms with van der Waals surface area (Å²) >= 11 is 1.57. The number of hydrogen-bond donors (Lipinski definition) is 2. The van der Waals surface area contributed by atoms with Crippen molar-refractivity contribution >= 4 is 17.2 Å². The van der Waals surface area contributed by atoms with Gasteiger partial charge in [-0.1, -0.05) is 26.8 Å². The summed E-state index contributed by atoms with van der Waals surface area (Å²) in [7, 11) is 0. The molecule has 1 amide bonds. The number of carbonyl (C=O) groups is 1. The number of carbonyl (C=O) groups excluding carboxylic acids is 1. The van der Waals surface area contributed by atoms with Crippen molar-refractivity contribution in [3.05, 3.63) is 45.9 Å². The summed E-state index contributed by atoms with van der Waals surface area (Å²) in [5.41, 5.74) is 1.58. The molecule has 2 rings (SSSR count). The average Bonchev–Trinajstić information content (AvgIpc) is 3.00. The molecule has 6 heteroatoms. The quantitative estimate of drug-likeness (QED) is 0.841. The second-order valence-electron chi connectivity index (χ2n) is 6.75. The van der Waals surface area contributed by atoms with Gasteiger partial charge >= 0.3 is 0 Å². The number of aromatic nitrogens is 1. The molecule has 0 fully saturated rings. The van der Waals surface area contributed by atoms with E-state index in [1.54, 1.807) is 36.5 Å². The lowest BCUT2D eigenvalue weighted by Crippen LogP contribution is -2.30. The first-order valence-corrected chi connectivity index (χ1v) is 8.77. The molecule has 1 heterocycles. The smallest absolute Gasteiger partial charge is 0.251 e. The van der Waals surface area contributed by atoms with E-state index in [0.29, 0.717) is 17.9 Å². The van der Waals surface area contributed by atoms with Gasteiger partial charge in [0.15, 0.2) is 0 Å². The van der Waals surface area contributed by atoms with Gasteiger partial charge in [0, 0.05) is 22.9 Å². The monoisotopic (exact) mass is 348 g/mol. The minimum absolute atomic E-state index is 0.0244. The Hall–Kier alpha value is -1.92. The van der Waals surface area contributed by atoms with Gasteiger partial charge < -0.3 is 15.2 Å². The minimum Gasteiger partial charge on any atom is -0.486 e. The van der Waals surface area contributed by atoms with Crippen LogP contribution in [0.1, 0.15) is 48.8 Å². The van der Waals surface area contributed by atoms with E-state index in [-0.39, 0.29) is 17.9 Å². The van der Waals surface area contributed by atoms with Crippen molar-refractivity contribution in [3.8, 4) is 5.75 Å². The largest absolute Gasteiger partial charge is 0.486 e. The van der Waals surface area contributed by atoms with Crippen LogP contribution >= 0.6 is 11.3 Å².